The third kappa shape index (κ3) is 4.00. The van der Waals surface area contributed by atoms with Crippen LogP contribution in [0.5, 0.6) is 0 Å². The summed E-state index contributed by atoms with van der Waals surface area (Å²) in [6, 6.07) is 15.2. The van der Waals surface area contributed by atoms with Gasteiger partial charge in [0.05, 0.1) is 0 Å². The van der Waals surface area contributed by atoms with Crippen molar-refractivity contribution in [3.8, 4) is 0 Å². The maximum atomic E-state index is 5.75. The predicted molar refractivity (Wildman–Crippen MR) is 92.3 cm³/mol. The van der Waals surface area contributed by atoms with Gasteiger partial charge < -0.3 is 5.73 Å². The van der Waals surface area contributed by atoms with Crippen LogP contribution in [0.25, 0.3) is 10.8 Å². The lowest BCUT2D eigenvalue weighted by Gasteiger charge is -2.27. The standard InChI is InChI=1S/C18H24N2S/c19-12-14-5-7-15(8-6-14)13-20-21-18-10-9-16-3-1-2-4-17(16)11-18/h1-4,9-11,14-15,20H,5-8,12-13,19H2. The Labute approximate surface area is 131 Å². The van der Waals surface area contributed by atoms with E-state index in [0.29, 0.717) is 0 Å². The van der Waals surface area contributed by atoms with Gasteiger partial charge in [0.25, 0.3) is 0 Å². The molecule has 2 nitrogen and oxygen atoms in total. The van der Waals surface area contributed by atoms with E-state index in [9.17, 15) is 0 Å². The minimum Gasteiger partial charge on any atom is -0.330 e. The Kier molecular flexibility index (Phi) is 5.17. The molecule has 2 aromatic carbocycles. The molecule has 0 heterocycles. The largest absolute Gasteiger partial charge is 0.330 e. The summed E-state index contributed by atoms with van der Waals surface area (Å²) in [4.78, 5) is 1.30. The average molecular weight is 300 g/mol. The van der Waals surface area contributed by atoms with E-state index in [1.807, 2.05) is 0 Å². The number of nitrogens with one attached hydrogen (secondary N) is 1. The number of benzene rings is 2. The second-order valence-corrected chi connectivity index (χ2v) is 7.05. The van der Waals surface area contributed by atoms with Crippen molar-refractivity contribution in [1.82, 2.24) is 4.72 Å². The van der Waals surface area contributed by atoms with Gasteiger partial charge >= 0.3 is 0 Å². The minimum absolute atomic E-state index is 0.773. The Balaban J connectivity index is 1.48. The van der Waals surface area contributed by atoms with E-state index in [4.69, 9.17) is 5.73 Å². The summed E-state index contributed by atoms with van der Waals surface area (Å²) in [7, 11) is 0. The molecular formula is C18H24N2S. The lowest BCUT2D eigenvalue weighted by molar-refractivity contribution is 0.281. The molecule has 0 atom stereocenters. The van der Waals surface area contributed by atoms with Gasteiger partial charge in [-0.2, -0.15) is 0 Å². The van der Waals surface area contributed by atoms with Crippen LogP contribution in [-0.2, 0) is 0 Å². The Morgan fingerprint density at radius 3 is 2.43 bits per heavy atom. The van der Waals surface area contributed by atoms with Crippen molar-refractivity contribution < 1.29 is 0 Å². The summed E-state index contributed by atoms with van der Waals surface area (Å²) >= 11 is 1.76. The first-order valence-electron chi connectivity index (χ1n) is 7.93. The molecule has 3 rings (SSSR count). The predicted octanol–water partition coefficient (Wildman–Crippen LogP) is 4.20. The summed E-state index contributed by atoms with van der Waals surface area (Å²) in [6.45, 7) is 1.97. The van der Waals surface area contributed by atoms with Crippen molar-refractivity contribution in [2.24, 2.45) is 17.6 Å². The quantitative estimate of drug-likeness (QED) is 0.813. The Hall–Kier alpha value is -1.03. The van der Waals surface area contributed by atoms with Crippen LogP contribution in [0.3, 0.4) is 0 Å². The highest BCUT2D eigenvalue weighted by Gasteiger charge is 2.19. The maximum Gasteiger partial charge on any atom is 0.0234 e. The van der Waals surface area contributed by atoms with Gasteiger partial charge in [-0.1, -0.05) is 30.3 Å². The third-order valence-electron chi connectivity index (χ3n) is 4.58. The molecule has 0 unspecified atom stereocenters. The van der Waals surface area contributed by atoms with Crippen molar-refractivity contribution in [2.45, 2.75) is 30.6 Å². The second-order valence-electron chi connectivity index (χ2n) is 6.08. The van der Waals surface area contributed by atoms with E-state index in [1.165, 1.54) is 41.4 Å². The molecule has 3 N–H and O–H groups in total. The van der Waals surface area contributed by atoms with Crippen molar-refractivity contribution in [1.29, 1.82) is 0 Å². The van der Waals surface area contributed by atoms with Gasteiger partial charge in [-0.05, 0) is 78.9 Å². The molecule has 112 valence electrons. The zero-order valence-corrected chi connectivity index (χ0v) is 13.2. The normalized spacial score (nSPS) is 22.5. The molecular weight excluding hydrogens is 276 g/mol. The maximum absolute atomic E-state index is 5.75. The summed E-state index contributed by atoms with van der Waals surface area (Å²) < 4.78 is 3.55. The molecule has 2 aromatic rings. The van der Waals surface area contributed by atoms with E-state index in [1.54, 1.807) is 11.9 Å². The average Bonchev–Trinajstić information content (AvgIpc) is 2.55. The molecule has 0 aliphatic heterocycles. The van der Waals surface area contributed by atoms with Crippen LogP contribution >= 0.6 is 11.9 Å². The molecule has 0 spiro atoms. The molecule has 3 heteroatoms. The van der Waals surface area contributed by atoms with Crippen LogP contribution < -0.4 is 10.5 Å². The Bertz CT molecular complexity index is 576. The molecule has 0 bridgehead atoms. The molecule has 1 fully saturated rings. The van der Waals surface area contributed by atoms with Crippen molar-refractivity contribution >= 4 is 22.7 Å². The van der Waals surface area contributed by atoms with Gasteiger partial charge in [0.2, 0.25) is 0 Å². The van der Waals surface area contributed by atoms with E-state index in [2.05, 4.69) is 47.2 Å². The first kappa shape index (κ1) is 14.9. The highest BCUT2D eigenvalue weighted by atomic mass is 32.2. The lowest BCUT2D eigenvalue weighted by atomic mass is 9.82. The fraction of sp³-hybridized carbons (Fsp3) is 0.444. The highest BCUT2D eigenvalue weighted by Crippen LogP contribution is 2.28. The fourth-order valence-electron chi connectivity index (χ4n) is 3.15. The summed E-state index contributed by atoms with van der Waals surface area (Å²) in [5, 5.41) is 2.62. The number of fused-ring (bicyclic) bond motifs is 1. The van der Waals surface area contributed by atoms with Gasteiger partial charge in [-0.25, -0.2) is 0 Å². The van der Waals surface area contributed by atoms with Crippen LogP contribution in [0.1, 0.15) is 25.7 Å². The molecule has 21 heavy (non-hydrogen) atoms. The zero-order chi connectivity index (χ0) is 14.5. The van der Waals surface area contributed by atoms with Gasteiger partial charge in [0, 0.05) is 11.4 Å². The topological polar surface area (TPSA) is 38.0 Å². The number of hydrogen-bond donors (Lipinski definition) is 2. The number of nitrogens with two attached hydrogens (primary N) is 1. The molecule has 1 saturated carbocycles. The van der Waals surface area contributed by atoms with Crippen molar-refractivity contribution in [2.75, 3.05) is 13.1 Å². The van der Waals surface area contributed by atoms with Gasteiger partial charge in [-0.15, -0.1) is 0 Å². The van der Waals surface area contributed by atoms with Crippen molar-refractivity contribution in [3.05, 3.63) is 42.5 Å². The number of rotatable bonds is 5. The fourth-order valence-corrected chi connectivity index (χ4v) is 3.95. The molecule has 1 aliphatic rings. The van der Waals surface area contributed by atoms with Gasteiger partial charge in [0.15, 0.2) is 0 Å². The van der Waals surface area contributed by atoms with Crippen LogP contribution in [0, 0.1) is 11.8 Å². The molecule has 0 aromatic heterocycles. The van der Waals surface area contributed by atoms with Crippen LogP contribution in [0.4, 0.5) is 0 Å². The zero-order valence-electron chi connectivity index (χ0n) is 12.4. The molecule has 0 saturated heterocycles. The summed E-state index contributed by atoms with van der Waals surface area (Å²) in [5.41, 5.74) is 5.75. The molecule has 0 radical (unpaired) electrons. The van der Waals surface area contributed by atoms with E-state index >= 15 is 0 Å². The minimum atomic E-state index is 0.773. The smallest absolute Gasteiger partial charge is 0.0234 e. The second kappa shape index (κ2) is 7.30. The van der Waals surface area contributed by atoms with Gasteiger partial charge in [0.1, 0.15) is 0 Å². The number of hydrogen-bond acceptors (Lipinski definition) is 3. The first-order valence-corrected chi connectivity index (χ1v) is 8.75. The molecule has 0 amide bonds. The third-order valence-corrected chi connectivity index (χ3v) is 5.38. The Morgan fingerprint density at radius 1 is 0.952 bits per heavy atom. The summed E-state index contributed by atoms with van der Waals surface area (Å²) in [5.74, 6) is 1.59. The van der Waals surface area contributed by atoms with Crippen LogP contribution in [0.15, 0.2) is 47.4 Å². The van der Waals surface area contributed by atoms with E-state index in [-0.39, 0.29) is 0 Å². The van der Waals surface area contributed by atoms with Crippen molar-refractivity contribution in [3.63, 3.8) is 0 Å². The van der Waals surface area contributed by atoms with Crippen LogP contribution in [0.2, 0.25) is 0 Å². The van der Waals surface area contributed by atoms with E-state index < -0.39 is 0 Å². The molecule has 1 aliphatic carbocycles. The van der Waals surface area contributed by atoms with Gasteiger partial charge in [-0.3, -0.25) is 4.72 Å². The SMILES string of the molecule is NCC1CCC(CNSc2ccc3ccccc3c2)CC1. The monoisotopic (exact) mass is 300 g/mol. The lowest BCUT2D eigenvalue weighted by Crippen LogP contribution is -2.26. The highest BCUT2D eigenvalue weighted by molar-refractivity contribution is 7.97. The summed E-state index contributed by atoms with van der Waals surface area (Å²) in [6.07, 6.45) is 5.27. The van der Waals surface area contributed by atoms with E-state index in [0.717, 1.165) is 24.9 Å². The Morgan fingerprint density at radius 2 is 1.67 bits per heavy atom. The first-order chi connectivity index (χ1) is 10.3. The van der Waals surface area contributed by atoms with Crippen LogP contribution in [-0.4, -0.2) is 13.1 Å².